The number of nitrogens with zero attached hydrogens (tertiary/aromatic N) is 3. The van der Waals surface area contributed by atoms with E-state index in [4.69, 9.17) is 4.74 Å². The number of pyridine rings is 1. The highest BCUT2D eigenvalue weighted by Gasteiger charge is 2.29. The fraction of sp³-hybridized carbons (Fsp3) is 0.400. The van der Waals surface area contributed by atoms with E-state index in [0.717, 1.165) is 42.2 Å². The van der Waals surface area contributed by atoms with Crippen molar-refractivity contribution in [3.8, 4) is 5.75 Å². The maximum Gasteiger partial charge on any atom is 0.285 e. The highest BCUT2D eigenvalue weighted by molar-refractivity contribution is 7.89. The first-order valence-corrected chi connectivity index (χ1v) is 11.6. The van der Waals surface area contributed by atoms with Crippen molar-refractivity contribution in [1.29, 1.82) is 0 Å². The zero-order valence-electron chi connectivity index (χ0n) is 17.5. The second-order valence-electron chi connectivity index (χ2n) is 7.22. The molecule has 1 aromatic heterocycles. The summed E-state index contributed by atoms with van der Waals surface area (Å²) in [5, 5.41) is 13.4. The number of piperidine rings is 1. The van der Waals surface area contributed by atoms with Crippen LogP contribution in [0.3, 0.4) is 0 Å². The Morgan fingerprint density at radius 1 is 1.19 bits per heavy atom. The number of aromatic nitrogens is 1. The minimum atomic E-state index is -3.83. The number of carbonyl (C=O) groups excluding carboxylic acids is 1. The van der Waals surface area contributed by atoms with Crippen molar-refractivity contribution in [1.82, 2.24) is 8.87 Å². The van der Waals surface area contributed by atoms with E-state index in [9.17, 15) is 28.1 Å². The fourth-order valence-corrected chi connectivity index (χ4v) is 5.09. The van der Waals surface area contributed by atoms with E-state index in [1.54, 1.807) is 6.92 Å². The van der Waals surface area contributed by atoms with Crippen LogP contribution in [0.25, 0.3) is 0 Å². The number of benzene rings is 1. The van der Waals surface area contributed by atoms with Crippen LogP contribution in [0.15, 0.2) is 46.2 Å². The minimum absolute atomic E-state index is 0.0495. The molecule has 2 heterocycles. The highest BCUT2D eigenvalue weighted by Crippen LogP contribution is 2.31. The molecule has 0 bridgehead atoms. The molecule has 2 aromatic rings. The van der Waals surface area contributed by atoms with Crippen LogP contribution < -0.4 is 15.6 Å². The van der Waals surface area contributed by atoms with Gasteiger partial charge in [0.05, 0.1) is 17.7 Å². The third-order valence-corrected chi connectivity index (χ3v) is 6.87. The van der Waals surface area contributed by atoms with Gasteiger partial charge in [0.1, 0.15) is 17.2 Å². The molecule has 0 atom stereocenters. The van der Waals surface area contributed by atoms with Gasteiger partial charge in [0.15, 0.2) is 0 Å². The summed E-state index contributed by atoms with van der Waals surface area (Å²) in [4.78, 5) is 34.6. The predicted molar refractivity (Wildman–Crippen MR) is 116 cm³/mol. The first kappa shape index (κ1) is 23.4. The van der Waals surface area contributed by atoms with E-state index in [1.807, 2.05) is 0 Å². The number of ether oxygens (including phenoxy) is 1. The first-order valence-electron chi connectivity index (χ1n) is 10.1. The van der Waals surface area contributed by atoms with Crippen LogP contribution in [0.2, 0.25) is 0 Å². The number of amides is 1. The molecular weight excluding hydrogens is 440 g/mol. The second kappa shape index (κ2) is 9.92. The number of sulfonamides is 1. The lowest BCUT2D eigenvalue weighted by Gasteiger charge is -2.27. The summed E-state index contributed by atoms with van der Waals surface area (Å²) in [5.41, 5.74) is -0.702. The molecule has 0 aliphatic carbocycles. The zero-order valence-corrected chi connectivity index (χ0v) is 18.3. The van der Waals surface area contributed by atoms with Gasteiger partial charge in [0, 0.05) is 30.9 Å². The van der Waals surface area contributed by atoms with Crippen LogP contribution in [0.4, 0.5) is 11.4 Å². The molecule has 11 nitrogen and oxygen atoms in total. The lowest BCUT2D eigenvalue weighted by Crippen LogP contribution is -2.35. The summed E-state index contributed by atoms with van der Waals surface area (Å²) in [7, 11) is -3.83. The zero-order chi connectivity index (χ0) is 23.3. The maximum absolute atomic E-state index is 13.2. The summed E-state index contributed by atoms with van der Waals surface area (Å²) in [6.07, 6.45) is 3.50. The molecule has 0 saturated carbocycles. The molecule has 172 valence electrons. The average molecular weight is 465 g/mol. The van der Waals surface area contributed by atoms with Crippen molar-refractivity contribution in [2.45, 2.75) is 37.6 Å². The molecular formula is C20H24N4O7S. The van der Waals surface area contributed by atoms with Crippen molar-refractivity contribution in [2.75, 3.05) is 25.0 Å². The second-order valence-corrected chi connectivity index (χ2v) is 9.12. The van der Waals surface area contributed by atoms with Gasteiger partial charge >= 0.3 is 0 Å². The minimum Gasteiger partial charge on any atom is -0.492 e. The van der Waals surface area contributed by atoms with Gasteiger partial charge in [-0.2, -0.15) is 4.31 Å². The molecule has 0 spiro atoms. The third kappa shape index (κ3) is 5.32. The van der Waals surface area contributed by atoms with Gasteiger partial charge in [-0.25, -0.2) is 8.42 Å². The van der Waals surface area contributed by atoms with Crippen molar-refractivity contribution in [2.24, 2.45) is 0 Å². The number of hydrogen-bond acceptors (Lipinski definition) is 7. The molecule has 1 fully saturated rings. The molecule has 32 heavy (non-hydrogen) atoms. The van der Waals surface area contributed by atoms with Gasteiger partial charge < -0.3 is 10.1 Å². The molecule has 1 aromatic carbocycles. The smallest absolute Gasteiger partial charge is 0.285 e. The van der Waals surface area contributed by atoms with Crippen molar-refractivity contribution in [3.63, 3.8) is 0 Å². The van der Waals surface area contributed by atoms with Gasteiger partial charge in [-0.1, -0.05) is 6.42 Å². The largest absolute Gasteiger partial charge is 0.492 e. The van der Waals surface area contributed by atoms with E-state index in [1.165, 1.54) is 22.5 Å². The quantitative estimate of drug-likeness (QED) is 0.465. The molecule has 12 heteroatoms. The summed E-state index contributed by atoms with van der Waals surface area (Å²) in [6, 6.07) is 6.35. The molecule has 0 unspecified atom stereocenters. The van der Waals surface area contributed by atoms with Crippen LogP contribution in [-0.4, -0.2) is 47.8 Å². The lowest BCUT2D eigenvalue weighted by molar-refractivity contribution is -0.385. The Bertz CT molecular complexity index is 1170. The standard InChI is InChI=1S/C20H24N4O7S/c1-2-31-17-8-6-15(12-18(17)32(29,30)23-10-4-3-5-11-23)21-19(25)14-22-13-16(24(27)28)7-9-20(22)26/h6-9,12-13H,2-5,10-11,14H2,1H3,(H,21,25). The summed E-state index contributed by atoms with van der Waals surface area (Å²) in [5.74, 6) is -0.455. The SMILES string of the molecule is CCOc1ccc(NC(=O)Cn2cc([N+](=O)[O-])ccc2=O)cc1S(=O)(=O)N1CCCCC1. The van der Waals surface area contributed by atoms with Crippen molar-refractivity contribution >= 4 is 27.3 Å². The van der Waals surface area contributed by atoms with Crippen LogP contribution in [0, 0.1) is 10.1 Å². The fourth-order valence-electron chi connectivity index (χ4n) is 3.41. The Labute approximate surface area is 184 Å². The summed E-state index contributed by atoms with van der Waals surface area (Å²) >= 11 is 0. The van der Waals surface area contributed by atoms with E-state index < -0.39 is 33.0 Å². The Kier molecular flexibility index (Phi) is 7.26. The number of anilines is 1. The van der Waals surface area contributed by atoms with Crippen LogP contribution in [0.1, 0.15) is 26.2 Å². The monoisotopic (exact) mass is 464 g/mol. The Morgan fingerprint density at radius 2 is 1.91 bits per heavy atom. The third-order valence-electron chi connectivity index (χ3n) is 4.95. The predicted octanol–water partition coefficient (Wildman–Crippen LogP) is 1.97. The molecule has 3 rings (SSSR count). The van der Waals surface area contributed by atoms with Gasteiger partial charge in [-0.3, -0.25) is 24.3 Å². The first-order chi connectivity index (χ1) is 15.2. The van der Waals surface area contributed by atoms with E-state index in [0.29, 0.717) is 13.1 Å². The van der Waals surface area contributed by atoms with Crippen molar-refractivity contribution < 1.29 is 22.9 Å². The number of carbonyl (C=O) groups is 1. The van der Waals surface area contributed by atoms with Gasteiger partial charge in [0.2, 0.25) is 15.9 Å². The topological polar surface area (TPSA) is 141 Å². The molecule has 1 aliphatic rings. The average Bonchev–Trinajstić information content (AvgIpc) is 2.77. The maximum atomic E-state index is 13.2. The van der Waals surface area contributed by atoms with Crippen LogP contribution in [-0.2, 0) is 21.4 Å². The molecule has 1 aliphatic heterocycles. The number of nitro groups is 1. The van der Waals surface area contributed by atoms with E-state index in [-0.39, 0.29) is 28.6 Å². The molecule has 0 radical (unpaired) electrons. The lowest BCUT2D eigenvalue weighted by atomic mass is 10.2. The van der Waals surface area contributed by atoms with E-state index >= 15 is 0 Å². The number of rotatable bonds is 8. The molecule has 1 amide bonds. The van der Waals surface area contributed by atoms with Crippen LogP contribution >= 0.6 is 0 Å². The Hall–Kier alpha value is -3.25. The van der Waals surface area contributed by atoms with Gasteiger partial charge in [0.25, 0.3) is 11.2 Å². The molecule has 1 N–H and O–H groups in total. The van der Waals surface area contributed by atoms with Gasteiger partial charge in [-0.15, -0.1) is 0 Å². The Balaban J connectivity index is 1.85. The van der Waals surface area contributed by atoms with Crippen LogP contribution in [0.5, 0.6) is 5.75 Å². The molecule has 1 saturated heterocycles. The van der Waals surface area contributed by atoms with Crippen molar-refractivity contribution in [3.05, 3.63) is 57.0 Å². The van der Waals surface area contributed by atoms with Gasteiger partial charge in [-0.05, 0) is 38.0 Å². The normalized spacial score (nSPS) is 14.7. The van der Waals surface area contributed by atoms with E-state index in [2.05, 4.69) is 5.32 Å². The Morgan fingerprint density at radius 3 is 2.56 bits per heavy atom. The highest BCUT2D eigenvalue weighted by atomic mass is 32.2. The summed E-state index contributed by atoms with van der Waals surface area (Å²) in [6.45, 7) is 2.37. The number of nitrogens with one attached hydrogen (secondary N) is 1. The summed E-state index contributed by atoms with van der Waals surface area (Å²) < 4.78 is 34.2. The number of hydrogen-bond donors (Lipinski definition) is 1.